The maximum atomic E-state index is 13.5. The zero-order valence-corrected chi connectivity index (χ0v) is 14.4. The third-order valence-electron chi connectivity index (χ3n) is 4.67. The van der Waals surface area contributed by atoms with Gasteiger partial charge in [0, 0.05) is 37.4 Å². The van der Waals surface area contributed by atoms with Crippen LogP contribution in [0.2, 0.25) is 0 Å². The van der Waals surface area contributed by atoms with Crippen LogP contribution < -0.4 is 4.90 Å². The number of carbonyl (C=O) groups is 1. The van der Waals surface area contributed by atoms with E-state index in [4.69, 9.17) is 4.52 Å². The Kier molecular flexibility index (Phi) is 4.58. The quantitative estimate of drug-likeness (QED) is 0.708. The third-order valence-corrected chi connectivity index (χ3v) is 4.67. The van der Waals surface area contributed by atoms with Gasteiger partial charge in [0.15, 0.2) is 17.4 Å². The first-order valence-electron chi connectivity index (χ1n) is 8.63. The number of halogens is 2. The first kappa shape index (κ1) is 17.2. The summed E-state index contributed by atoms with van der Waals surface area (Å²) < 4.78 is 31.8. The number of benzene rings is 2. The summed E-state index contributed by atoms with van der Waals surface area (Å²) in [6.07, 6.45) is 1.32. The Morgan fingerprint density at radius 3 is 2.41 bits per heavy atom. The van der Waals surface area contributed by atoms with E-state index in [9.17, 15) is 13.6 Å². The molecular formula is C20H17F2N3O2. The van der Waals surface area contributed by atoms with Crippen molar-refractivity contribution in [2.24, 2.45) is 0 Å². The van der Waals surface area contributed by atoms with E-state index >= 15 is 0 Å². The van der Waals surface area contributed by atoms with Gasteiger partial charge in [0.1, 0.15) is 5.56 Å². The van der Waals surface area contributed by atoms with E-state index < -0.39 is 11.6 Å². The molecule has 3 aromatic rings. The molecule has 0 unspecified atom stereocenters. The average molecular weight is 369 g/mol. The number of carbonyl (C=O) groups excluding carboxylic acids is 1. The van der Waals surface area contributed by atoms with Crippen LogP contribution in [0.3, 0.4) is 0 Å². The number of para-hydroxylation sites is 1. The van der Waals surface area contributed by atoms with Crippen LogP contribution in [-0.2, 0) is 0 Å². The molecule has 1 amide bonds. The lowest BCUT2D eigenvalue weighted by Gasteiger charge is -2.36. The number of amides is 1. The largest absolute Gasteiger partial charge is 0.368 e. The van der Waals surface area contributed by atoms with Crippen LogP contribution in [0.1, 0.15) is 10.4 Å². The minimum absolute atomic E-state index is 0.143. The number of nitrogens with zero attached hydrogens (tertiary/aromatic N) is 3. The van der Waals surface area contributed by atoms with Crippen molar-refractivity contribution in [2.45, 2.75) is 0 Å². The highest BCUT2D eigenvalue weighted by Gasteiger charge is 2.27. The Morgan fingerprint density at radius 2 is 1.70 bits per heavy atom. The van der Waals surface area contributed by atoms with Gasteiger partial charge in [0.2, 0.25) is 0 Å². The van der Waals surface area contributed by atoms with E-state index in [1.54, 1.807) is 4.90 Å². The van der Waals surface area contributed by atoms with Gasteiger partial charge in [-0.2, -0.15) is 0 Å². The zero-order valence-electron chi connectivity index (χ0n) is 14.4. The highest BCUT2D eigenvalue weighted by atomic mass is 19.2. The normalized spacial score (nSPS) is 14.4. The molecule has 27 heavy (non-hydrogen) atoms. The second-order valence-corrected chi connectivity index (χ2v) is 6.31. The van der Waals surface area contributed by atoms with Gasteiger partial charge in [-0.1, -0.05) is 23.4 Å². The maximum Gasteiger partial charge on any atom is 0.259 e. The molecule has 138 valence electrons. The second-order valence-electron chi connectivity index (χ2n) is 6.31. The zero-order chi connectivity index (χ0) is 18.8. The van der Waals surface area contributed by atoms with Gasteiger partial charge in [-0.05, 0) is 30.3 Å². The smallest absolute Gasteiger partial charge is 0.259 e. The Hall–Kier alpha value is -3.22. The summed E-state index contributed by atoms with van der Waals surface area (Å²) >= 11 is 0. The molecule has 2 heterocycles. The van der Waals surface area contributed by atoms with Crippen molar-refractivity contribution < 1.29 is 18.1 Å². The van der Waals surface area contributed by atoms with Gasteiger partial charge in [-0.15, -0.1) is 0 Å². The predicted molar refractivity (Wildman–Crippen MR) is 96.4 cm³/mol. The summed E-state index contributed by atoms with van der Waals surface area (Å²) in [5, 5.41) is 3.68. The van der Waals surface area contributed by atoms with Crippen LogP contribution in [0.4, 0.5) is 14.5 Å². The number of rotatable bonds is 3. The minimum atomic E-state index is -1.00. The first-order chi connectivity index (χ1) is 13.1. The topological polar surface area (TPSA) is 49.6 Å². The molecule has 7 heteroatoms. The molecule has 1 aliphatic rings. The molecule has 4 rings (SSSR count). The molecule has 2 aromatic carbocycles. The summed E-state index contributed by atoms with van der Waals surface area (Å²) in [4.78, 5) is 16.8. The molecule has 1 fully saturated rings. The van der Waals surface area contributed by atoms with Gasteiger partial charge >= 0.3 is 0 Å². The minimum Gasteiger partial charge on any atom is -0.368 e. The molecular weight excluding hydrogens is 352 g/mol. The Labute approximate surface area is 154 Å². The predicted octanol–water partition coefficient (Wildman–Crippen LogP) is 3.58. The van der Waals surface area contributed by atoms with Crippen LogP contribution in [0.15, 0.2) is 59.3 Å². The lowest BCUT2D eigenvalue weighted by Crippen LogP contribution is -2.48. The van der Waals surface area contributed by atoms with E-state index in [0.29, 0.717) is 26.2 Å². The average Bonchev–Trinajstić information content (AvgIpc) is 3.20. The van der Waals surface area contributed by atoms with E-state index in [1.807, 2.05) is 30.3 Å². The maximum absolute atomic E-state index is 13.5. The van der Waals surface area contributed by atoms with E-state index in [-0.39, 0.29) is 22.8 Å². The lowest BCUT2D eigenvalue weighted by atomic mass is 10.1. The molecule has 0 atom stereocenters. The van der Waals surface area contributed by atoms with Crippen LogP contribution in [0.5, 0.6) is 0 Å². The SMILES string of the molecule is O=C(c1cnoc1-c1ccc(F)c(F)c1)N1CCN(c2ccccc2)CC1. The number of hydrogen-bond donors (Lipinski definition) is 0. The monoisotopic (exact) mass is 369 g/mol. The van der Waals surface area contributed by atoms with Crippen LogP contribution >= 0.6 is 0 Å². The first-order valence-corrected chi connectivity index (χ1v) is 8.63. The number of anilines is 1. The molecule has 5 nitrogen and oxygen atoms in total. The standard InChI is InChI=1S/C20H17F2N3O2/c21-17-7-6-14(12-18(17)22)19-16(13-23-27-19)20(26)25-10-8-24(9-11-25)15-4-2-1-3-5-15/h1-7,12-13H,8-11H2. The summed E-state index contributed by atoms with van der Waals surface area (Å²) in [5.41, 5.74) is 1.64. The number of hydrogen-bond acceptors (Lipinski definition) is 4. The van der Waals surface area contributed by atoms with E-state index in [2.05, 4.69) is 10.1 Å². The van der Waals surface area contributed by atoms with Crippen LogP contribution in [0, 0.1) is 11.6 Å². The lowest BCUT2D eigenvalue weighted by molar-refractivity contribution is 0.0747. The molecule has 1 saturated heterocycles. The van der Waals surface area contributed by atoms with Crippen LogP contribution in [0.25, 0.3) is 11.3 Å². The highest BCUT2D eigenvalue weighted by molar-refractivity contribution is 5.99. The third kappa shape index (κ3) is 3.40. The molecule has 1 aliphatic heterocycles. The van der Waals surface area contributed by atoms with Gasteiger partial charge in [0.05, 0.1) is 6.20 Å². The van der Waals surface area contributed by atoms with E-state index in [1.165, 1.54) is 12.3 Å². The Balaban J connectivity index is 1.50. The van der Waals surface area contributed by atoms with Crippen molar-refractivity contribution in [1.82, 2.24) is 10.1 Å². The fourth-order valence-electron chi connectivity index (χ4n) is 3.21. The molecule has 1 aromatic heterocycles. The highest BCUT2D eigenvalue weighted by Crippen LogP contribution is 2.27. The molecule has 0 spiro atoms. The van der Waals surface area contributed by atoms with Gasteiger partial charge < -0.3 is 14.3 Å². The Morgan fingerprint density at radius 1 is 0.963 bits per heavy atom. The molecule has 0 radical (unpaired) electrons. The molecule has 0 saturated carbocycles. The molecule has 0 N–H and O–H groups in total. The van der Waals surface area contributed by atoms with Crippen molar-refractivity contribution in [3.05, 3.63) is 71.9 Å². The van der Waals surface area contributed by atoms with Gasteiger partial charge in [-0.25, -0.2) is 8.78 Å². The fourth-order valence-corrected chi connectivity index (χ4v) is 3.21. The van der Waals surface area contributed by atoms with Crippen LogP contribution in [-0.4, -0.2) is 42.1 Å². The number of piperazine rings is 1. The van der Waals surface area contributed by atoms with Gasteiger partial charge in [0.25, 0.3) is 5.91 Å². The van der Waals surface area contributed by atoms with Crippen molar-refractivity contribution in [2.75, 3.05) is 31.1 Å². The van der Waals surface area contributed by atoms with Gasteiger partial charge in [-0.3, -0.25) is 4.79 Å². The summed E-state index contributed by atoms with van der Waals surface area (Å²) in [7, 11) is 0. The molecule has 0 aliphatic carbocycles. The fraction of sp³-hybridized carbons (Fsp3) is 0.200. The number of aromatic nitrogens is 1. The van der Waals surface area contributed by atoms with Crippen molar-refractivity contribution in [1.29, 1.82) is 0 Å². The van der Waals surface area contributed by atoms with E-state index in [0.717, 1.165) is 17.8 Å². The summed E-state index contributed by atoms with van der Waals surface area (Å²) in [5.74, 6) is -2.05. The molecule has 0 bridgehead atoms. The van der Waals surface area contributed by atoms with Crippen molar-refractivity contribution in [3.63, 3.8) is 0 Å². The second kappa shape index (κ2) is 7.19. The van der Waals surface area contributed by atoms with Crippen molar-refractivity contribution in [3.8, 4) is 11.3 Å². The Bertz CT molecular complexity index is 951. The van der Waals surface area contributed by atoms with Crippen molar-refractivity contribution >= 4 is 11.6 Å². The summed E-state index contributed by atoms with van der Waals surface area (Å²) in [6.45, 7) is 2.52. The summed E-state index contributed by atoms with van der Waals surface area (Å²) in [6, 6.07) is 13.4.